The first kappa shape index (κ1) is 29.6. The lowest BCUT2D eigenvalue weighted by molar-refractivity contribution is -0.136. The molecule has 0 unspecified atom stereocenters. The molecule has 5 rings (SSSR count). The Labute approximate surface area is 253 Å². The Balaban J connectivity index is 1.48. The van der Waals surface area contributed by atoms with Gasteiger partial charge in [0.2, 0.25) is 11.8 Å². The van der Waals surface area contributed by atoms with Gasteiger partial charge in [-0.1, -0.05) is 99.1 Å². The summed E-state index contributed by atoms with van der Waals surface area (Å²) in [6, 6.07) is 30.9. The summed E-state index contributed by atoms with van der Waals surface area (Å²) in [5.41, 5.74) is 5.39. The van der Waals surface area contributed by atoms with Crippen LogP contribution in [-0.2, 0) is 21.5 Å². The number of aryl methyl sites for hydroxylation is 2. The third kappa shape index (κ3) is 6.95. The molecule has 5 aromatic rings. The van der Waals surface area contributed by atoms with Gasteiger partial charge in [-0.3, -0.25) is 9.59 Å². The fraction of sp³-hybridized carbons (Fsp3) is 0.250. The molecule has 3 aromatic carbocycles. The van der Waals surface area contributed by atoms with E-state index in [2.05, 4.69) is 32.2 Å². The van der Waals surface area contributed by atoms with Gasteiger partial charge < -0.3 is 14.6 Å². The molecule has 0 fully saturated rings. The van der Waals surface area contributed by atoms with Crippen LogP contribution in [0.4, 0.5) is 5.82 Å². The Morgan fingerprint density at radius 3 is 2.09 bits per heavy atom. The van der Waals surface area contributed by atoms with Crippen molar-refractivity contribution in [2.75, 3.05) is 11.9 Å². The van der Waals surface area contributed by atoms with Crippen molar-refractivity contribution in [2.45, 2.75) is 52.5 Å². The van der Waals surface area contributed by atoms with Crippen molar-refractivity contribution >= 4 is 17.6 Å². The first-order valence-electron chi connectivity index (χ1n) is 14.5. The molecule has 0 aliphatic rings. The molecule has 1 N–H and O–H groups in total. The van der Waals surface area contributed by atoms with E-state index < -0.39 is 5.92 Å². The van der Waals surface area contributed by atoms with Gasteiger partial charge in [0, 0.05) is 11.5 Å². The predicted molar refractivity (Wildman–Crippen MR) is 169 cm³/mol. The summed E-state index contributed by atoms with van der Waals surface area (Å²) in [5, 5.41) is 7.95. The molecule has 2 heterocycles. The number of amides is 2. The minimum Gasteiger partial charge on any atom is -0.467 e. The highest BCUT2D eigenvalue weighted by atomic mass is 16.3. The number of nitrogens with one attached hydrogen (secondary N) is 1. The lowest BCUT2D eigenvalue weighted by atomic mass is 9.90. The van der Waals surface area contributed by atoms with Crippen LogP contribution in [0.5, 0.6) is 0 Å². The maximum Gasteiger partial charge on any atom is 0.245 e. The summed E-state index contributed by atoms with van der Waals surface area (Å²) in [5.74, 6) is 0.0399. The summed E-state index contributed by atoms with van der Waals surface area (Å²) in [7, 11) is 0. The second kappa shape index (κ2) is 12.5. The lowest BCUT2D eigenvalue weighted by Crippen LogP contribution is -2.40. The van der Waals surface area contributed by atoms with E-state index >= 15 is 0 Å². The molecular formula is C36H38N4O3. The van der Waals surface area contributed by atoms with Crippen molar-refractivity contribution in [3.05, 3.63) is 137 Å². The summed E-state index contributed by atoms with van der Waals surface area (Å²) in [4.78, 5) is 29.7. The maximum absolute atomic E-state index is 14.3. The molecule has 43 heavy (non-hydrogen) atoms. The molecule has 0 saturated heterocycles. The topological polar surface area (TPSA) is 80.4 Å². The highest BCUT2D eigenvalue weighted by Crippen LogP contribution is 2.30. The molecule has 0 radical (unpaired) electrons. The van der Waals surface area contributed by atoms with E-state index in [1.165, 1.54) is 0 Å². The SMILES string of the molecule is Cc1ccc(-n2nc(C(C)(C)C)cc2NC(=O)CN(Cc2ccco2)C(=O)C(c2ccccc2)c2ccccc2)c(C)c1. The number of nitrogens with zero attached hydrogens (tertiary/aromatic N) is 3. The lowest BCUT2D eigenvalue weighted by Gasteiger charge is -2.27. The van der Waals surface area contributed by atoms with Gasteiger partial charge in [0.15, 0.2) is 0 Å². The molecule has 0 aliphatic carbocycles. The Kier molecular flexibility index (Phi) is 8.62. The molecule has 0 bridgehead atoms. The van der Waals surface area contributed by atoms with E-state index in [0.717, 1.165) is 33.6 Å². The molecule has 7 heteroatoms. The number of aromatic nitrogens is 2. The zero-order valence-electron chi connectivity index (χ0n) is 25.4. The number of carbonyl (C=O) groups is 2. The molecule has 220 valence electrons. The summed E-state index contributed by atoms with van der Waals surface area (Å²) in [6.07, 6.45) is 1.57. The minimum atomic E-state index is -0.585. The van der Waals surface area contributed by atoms with E-state index in [1.807, 2.05) is 98.8 Å². The van der Waals surface area contributed by atoms with Crippen molar-refractivity contribution in [3.8, 4) is 5.69 Å². The monoisotopic (exact) mass is 574 g/mol. The molecule has 0 saturated carbocycles. The van der Waals surface area contributed by atoms with E-state index in [-0.39, 0.29) is 30.3 Å². The van der Waals surface area contributed by atoms with Crippen molar-refractivity contribution < 1.29 is 14.0 Å². The van der Waals surface area contributed by atoms with Crippen molar-refractivity contribution in [1.29, 1.82) is 0 Å². The highest BCUT2D eigenvalue weighted by molar-refractivity contribution is 5.96. The van der Waals surface area contributed by atoms with Crippen LogP contribution in [0.15, 0.2) is 108 Å². The second-order valence-corrected chi connectivity index (χ2v) is 11.9. The predicted octanol–water partition coefficient (Wildman–Crippen LogP) is 7.18. The Bertz CT molecular complexity index is 1640. The van der Waals surface area contributed by atoms with Crippen LogP contribution >= 0.6 is 0 Å². The Hall–Kier alpha value is -4.91. The summed E-state index contributed by atoms with van der Waals surface area (Å²) in [6.45, 7) is 10.3. The molecule has 2 amide bonds. The van der Waals surface area contributed by atoms with Gasteiger partial charge in [-0.15, -0.1) is 0 Å². The van der Waals surface area contributed by atoms with Gasteiger partial charge in [0.05, 0.1) is 30.1 Å². The average molecular weight is 575 g/mol. The zero-order valence-corrected chi connectivity index (χ0v) is 25.4. The van der Waals surface area contributed by atoms with Crippen LogP contribution in [0.1, 0.15) is 60.4 Å². The fourth-order valence-electron chi connectivity index (χ4n) is 5.17. The third-order valence-corrected chi connectivity index (χ3v) is 7.41. The second-order valence-electron chi connectivity index (χ2n) is 11.9. The van der Waals surface area contributed by atoms with Gasteiger partial charge in [0.25, 0.3) is 0 Å². The molecule has 2 aromatic heterocycles. The Morgan fingerprint density at radius 1 is 0.884 bits per heavy atom. The van der Waals surface area contributed by atoms with Crippen LogP contribution in [0.25, 0.3) is 5.69 Å². The van der Waals surface area contributed by atoms with E-state index in [9.17, 15) is 9.59 Å². The van der Waals surface area contributed by atoms with Crippen LogP contribution in [0, 0.1) is 13.8 Å². The largest absolute Gasteiger partial charge is 0.467 e. The fourth-order valence-corrected chi connectivity index (χ4v) is 5.17. The van der Waals surface area contributed by atoms with Crippen molar-refractivity contribution in [1.82, 2.24) is 14.7 Å². The molecule has 0 atom stereocenters. The molecule has 0 spiro atoms. The summed E-state index contributed by atoms with van der Waals surface area (Å²) >= 11 is 0. The number of rotatable bonds is 9. The molecule has 7 nitrogen and oxygen atoms in total. The van der Waals surface area contributed by atoms with E-state index in [4.69, 9.17) is 9.52 Å². The standard InChI is InChI=1S/C36H38N4O3/c1-25-18-19-30(26(2)21-25)40-32(22-31(38-40)36(3,4)5)37-33(41)24-39(23-29-17-12-20-43-29)35(42)34(27-13-8-6-9-14-27)28-15-10-7-11-16-28/h6-22,34H,23-24H2,1-5H3,(H,37,41). The van der Waals surface area contributed by atoms with Crippen LogP contribution < -0.4 is 5.32 Å². The van der Waals surface area contributed by atoms with E-state index in [0.29, 0.717) is 11.6 Å². The van der Waals surface area contributed by atoms with Crippen molar-refractivity contribution in [3.63, 3.8) is 0 Å². The number of furan rings is 1. The van der Waals surface area contributed by atoms with Gasteiger partial charge >= 0.3 is 0 Å². The minimum absolute atomic E-state index is 0.152. The first-order chi connectivity index (χ1) is 20.6. The smallest absolute Gasteiger partial charge is 0.245 e. The summed E-state index contributed by atoms with van der Waals surface area (Å²) < 4.78 is 7.39. The highest BCUT2D eigenvalue weighted by Gasteiger charge is 2.30. The molecular weight excluding hydrogens is 536 g/mol. The van der Waals surface area contributed by atoms with E-state index in [1.54, 1.807) is 21.9 Å². The van der Waals surface area contributed by atoms with Crippen molar-refractivity contribution in [2.24, 2.45) is 0 Å². The number of hydrogen-bond donors (Lipinski definition) is 1. The maximum atomic E-state index is 14.3. The van der Waals surface area contributed by atoms with Gasteiger partial charge in [-0.05, 0) is 48.7 Å². The first-order valence-corrected chi connectivity index (χ1v) is 14.5. The number of carbonyl (C=O) groups excluding carboxylic acids is 2. The van der Waals surface area contributed by atoms with Crippen LogP contribution in [0.3, 0.4) is 0 Å². The van der Waals surface area contributed by atoms with Crippen LogP contribution in [0.2, 0.25) is 0 Å². The quantitative estimate of drug-likeness (QED) is 0.202. The van der Waals surface area contributed by atoms with Crippen LogP contribution in [-0.4, -0.2) is 33.0 Å². The van der Waals surface area contributed by atoms with Gasteiger partial charge in [-0.25, -0.2) is 4.68 Å². The van der Waals surface area contributed by atoms with Gasteiger partial charge in [-0.2, -0.15) is 5.10 Å². The number of benzene rings is 3. The third-order valence-electron chi connectivity index (χ3n) is 7.41. The normalized spacial score (nSPS) is 11.5. The zero-order chi connectivity index (χ0) is 30.6. The number of anilines is 1. The van der Waals surface area contributed by atoms with Gasteiger partial charge in [0.1, 0.15) is 18.1 Å². The number of hydrogen-bond acceptors (Lipinski definition) is 4. The molecule has 0 aliphatic heterocycles. The Morgan fingerprint density at radius 2 is 1.53 bits per heavy atom. The average Bonchev–Trinajstić information content (AvgIpc) is 3.64.